The maximum absolute atomic E-state index is 13.4. The fourth-order valence-electron chi connectivity index (χ4n) is 4.21. The maximum Gasteiger partial charge on any atom is 0.243 e. The highest BCUT2D eigenvalue weighted by Gasteiger charge is 2.27. The molecule has 3 amide bonds. The number of carbonyl (C=O) groups is 3. The smallest absolute Gasteiger partial charge is 0.243 e. The minimum absolute atomic E-state index is 0.0467. The first kappa shape index (κ1) is 26.0. The fourth-order valence-corrected chi connectivity index (χ4v) is 4.30. The summed E-state index contributed by atoms with van der Waals surface area (Å²) in [5, 5.41) is 9.57. The van der Waals surface area contributed by atoms with E-state index in [1.54, 1.807) is 0 Å². The summed E-state index contributed by atoms with van der Waals surface area (Å²) in [6.45, 7) is 0.337. The SMILES string of the molecule is O=C(CS)N[C@@H](Cc1ccccc1)C(=O)N[C@@H](Cc1c[nH]c2ccccc12)C(=O)NCc1ccccc1. The molecule has 0 aliphatic heterocycles. The van der Waals surface area contributed by atoms with Crippen LogP contribution >= 0.6 is 12.6 Å². The van der Waals surface area contributed by atoms with Crippen molar-refractivity contribution >= 4 is 41.3 Å². The van der Waals surface area contributed by atoms with E-state index in [0.717, 1.165) is 27.6 Å². The van der Waals surface area contributed by atoms with Gasteiger partial charge < -0.3 is 20.9 Å². The van der Waals surface area contributed by atoms with E-state index in [1.165, 1.54) is 0 Å². The monoisotopic (exact) mass is 514 g/mol. The van der Waals surface area contributed by atoms with Gasteiger partial charge in [-0.25, -0.2) is 0 Å². The number of thiol groups is 1. The molecular weight excluding hydrogens is 484 g/mol. The van der Waals surface area contributed by atoms with Crippen molar-refractivity contribution in [3.63, 3.8) is 0 Å². The predicted molar refractivity (Wildman–Crippen MR) is 148 cm³/mol. The standard InChI is InChI=1S/C29H30N4O3S/c34-27(19-37)32-25(15-20-9-3-1-4-10-20)29(36)33-26(28(35)31-17-21-11-5-2-6-12-21)16-22-18-30-24-14-8-7-13-23(22)24/h1-14,18,25-26,30,37H,15-17,19H2,(H,31,35)(H,32,34)(H,33,36)/t25-,26-/m0/s1. The van der Waals surface area contributed by atoms with Gasteiger partial charge in [-0.05, 0) is 22.8 Å². The summed E-state index contributed by atoms with van der Waals surface area (Å²) in [6, 6.07) is 25.1. The van der Waals surface area contributed by atoms with Gasteiger partial charge in [0.05, 0.1) is 5.75 Å². The largest absolute Gasteiger partial charge is 0.361 e. The molecule has 8 heteroatoms. The minimum atomic E-state index is -0.852. The highest BCUT2D eigenvalue weighted by molar-refractivity contribution is 7.81. The molecule has 3 aromatic carbocycles. The van der Waals surface area contributed by atoms with E-state index in [2.05, 4.69) is 33.6 Å². The van der Waals surface area contributed by atoms with Gasteiger partial charge in [0.25, 0.3) is 0 Å². The second kappa shape index (κ2) is 12.8. The van der Waals surface area contributed by atoms with E-state index in [9.17, 15) is 14.4 Å². The first-order valence-corrected chi connectivity index (χ1v) is 12.8. The lowest BCUT2D eigenvalue weighted by molar-refractivity contribution is -0.131. The topological polar surface area (TPSA) is 103 Å². The van der Waals surface area contributed by atoms with Crippen LogP contribution in [0.15, 0.2) is 91.1 Å². The van der Waals surface area contributed by atoms with Crippen molar-refractivity contribution in [1.82, 2.24) is 20.9 Å². The highest BCUT2D eigenvalue weighted by atomic mass is 32.1. The number of fused-ring (bicyclic) bond motifs is 1. The van der Waals surface area contributed by atoms with Gasteiger partial charge in [-0.3, -0.25) is 14.4 Å². The van der Waals surface area contributed by atoms with Gasteiger partial charge in [-0.15, -0.1) is 0 Å². The lowest BCUT2D eigenvalue weighted by Gasteiger charge is -2.23. The molecule has 0 spiro atoms. The average Bonchev–Trinajstić information content (AvgIpc) is 3.34. The zero-order chi connectivity index (χ0) is 26.0. The van der Waals surface area contributed by atoms with Crippen LogP contribution in [0.25, 0.3) is 10.9 Å². The molecule has 0 saturated carbocycles. The van der Waals surface area contributed by atoms with Crippen LogP contribution in [0.1, 0.15) is 16.7 Å². The molecule has 0 aliphatic rings. The molecule has 0 fully saturated rings. The quantitative estimate of drug-likeness (QED) is 0.199. The van der Waals surface area contributed by atoms with Crippen LogP contribution < -0.4 is 16.0 Å². The zero-order valence-corrected chi connectivity index (χ0v) is 21.2. The van der Waals surface area contributed by atoms with Crippen molar-refractivity contribution in [3.8, 4) is 0 Å². The van der Waals surface area contributed by atoms with Crippen molar-refractivity contribution in [2.45, 2.75) is 31.5 Å². The van der Waals surface area contributed by atoms with Crippen LogP contribution in [-0.4, -0.2) is 40.5 Å². The number of para-hydroxylation sites is 1. The van der Waals surface area contributed by atoms with Crippen LogP contribution in [0.5, 0.6) is 0 Å². The lowest BCUT2D eigenvalue weighted by atomic mass is 10.0. The Labute approximate surface area is 221 Å². The summed E-state index contributed by atoms with van der Waals surface area (Å²) >= 11 is 4.03. The molecule has 0 bridgehead atoms. The molecule has 190 valence electrons. The van der Waals surface area contributed by atoms with Gasteiger partial charge in [0.15, 0.2) is 0 Å². The molecule has 2 atom stereocenters. The molecule has 4 aromatic rings. The van der Waals surface area contributed by atoms with Gasteiger partial charge in [0.1, 0.15) is 12.1 Å². The van der Waals surface area contributed by atoms with Crippen LogP contribution in [-0.2, 0) is 33.8 Å². The zero-order valence-electron chi connectivity index (χ0n) is 20.3. The van der Waals surface area contributed by atoms with Gasteiger partial charge in [0.2, 0.25) is 17.7 Å². The van der Waals surface area contributed by atoms with Crippen LogP contribution in [0.4, 0.5) is 0 Å². The Hall–Kier alpha value is -4.04. The number of rotatable bonds is 11. The van der Waals surface area contributed by atoms with Gasteiger partial charge >= 0.3 is 0 Å². The fraction of sp³-hybridized carbons (Fsp3) is 0.207. The van der Waals surface area contributed by atoms with Gasteiger partial charge in [-0.2, -0.15) is 12.6 Å². The van der Waals surface area contributed by atoms with E-state index < -0.39 is 18.0 Å². The number of aromatic amines is 1. The molecule has 37 heavy (non-hydrogen) atoms. The number of nitrogens with one attached hydrogen (secondary N) is 4. The second-order valence-corrected chi connectivity index (χ2v) is 9.11. The number of amides is 3. The summed E-state index contributed by atoms with van der Waals surface area (Å²) in [7, 11) is 0. The van der Waals surface area contributed by atoms with Crippen LogP contribution in [0, 0.1) is 0 Å². The molecule has 1 heterocycles. The van der Waals surface area contributed by atoms with E-state index in [1.807, 2.05) is 91.1 Å². The Kier molecular flexibility index (Phi) is 8.99. The summed E-state index contributed by atoms with van der Waals surface area (Å²) in [5.74, 6) is -1.14. The predicted octanol–water partition coefficient (Wildman–Crippen LogP) is 3.17. The van der Waals surface area contributed by atoms with Crippen LogP contribution in [0.2, 0.25) is 0 Å². The van der Waals surface area contributed by atoms with Gasteiger partial charge in [0, 0.05) is 36.5 Å². The summed E-state index contributed by atoms with van der Waals surface area (Å²) in [6.07, 6.45) is 2.44. The second-order valence-electron chi connectivity index (χ2n) is 8.80. The Bertz CT molecular complexity index is 1340. The number of benzene rings is 3. The summed E-state index contributed by atoms with van der Waals surface area (Å²) < 4.78 is 0. The molecule has 0 saturated heterocycles. The number of hydrogen-bond donors (Lipinski definition) is 5. The highest BCUT2D eigenvalue weighted by Crippen LogP contribution is 2.19. The van der Waals surface area contributed by atoms with Gasteiger partial charge in [-0.1, -0.05) is 78.9 Å². The molecule has 0 unspecified atom stereocenters. The van der Waals surface area contributed by atoms with Crippen molar-refractivity contribution in [1.29, 1.82) is 0 Å². The maximum atomic E-state index is 13.4. The third-order valence-electron chi connectivity index (χ3n) is 6.12. The lowest BCUT2D eigenvalue weighted by Crippen LogP contribution is -2.55. The third kappa shape index (κ3) is 7.24. The van der Waals surface area contributed by atoms with Crippen molar-refractivity contribution in [3.05, 3.63) is 108 Å². The van der Waals surface area contributed by atoms with E-state index in [-0.39, 0.29) is 30.4 Å². The Morgan fingerprint density at radius 1 is 0.730 bits per heavy atom. The Balaban J connectivity index is 1.55. The third-order valence-corrected chi connectivity index (χ3v) is 6.41. The van der Waals surface area contributed by atoms with Crippen molar-refractivity contribution in [2.24, 2.45) is 0 Å². The number of carbonyl (C=O) groups excluding carboxylic acids is 3. The number of hydrogen-bond acceptors (Lipinski definition) is 4. The molecule has 0 radical (unpaired) electrons. The Morgan fingerprint density at radius 2 is 1.35 bits per heavy atom. The summed E-state index contributed by atoms with van der Waals surface area (Å²) in [4.78, 5) is 42.2. The van der Waals surface area contributed by atoms with E-state index in [0.29, 0.717) is 6.54 Å². The van der Waals surface area contributed by atoms with E-state index >= 15 is 0 Å². The number of aromatic nitrogens is 1. The molecule has 1 aromatic heterocycles. The first-order valence-electron chi connectivity index (χ1n) is 12.1. The first-order chi connectivity index (χ1) is 18.0. The van der Waals surface area contributed by atoms with Crippen molar-refractivity contribution in [2.75, 3.05) is 5.75 Å². The average molecular weight is 515 g/mol. The Morgan fingerprint density at radius 3 is 2.05 bits per heavy atom. The molecule has 0 aliphatic carbocycles. The summed E-state index contributed by atoms with van der Waals surface area (Å²) in [5.41, 5.74) is 3.71. The molecule has 4 N–H and O–H groups in total. The normalized spacial score (nSPS) is 12.5. The minimum Gasteiger partial charge on any atom is -0.361 e. The van der Waals surface area contributed by atoms with Crippen LogP contribution in [0.3, 0.4) is 0 Å². The van der Waals surface area contributed by atoms with Crippen molar-refractivity contribution < 1.29 is 14.4 Å². The van der Waals surface area contributed by atoms with E-state index in [4.69, 9.17) is 0 Å². The molecule has 7 nitrogen and oxygen atoms in total. The molecule has 4 rings (SSSR count). The number of H-pyrrole nitrogens is 1. The molecular formula is C29H30N4O3S.